The van der Waals surface area contributed by atoms with E-state index in [0.29, 0.717) is 6.54 Å². The van der Waals surface area contributed by atoms with Gasteiger partial charge in [-0.3, -0.25) is 4.79 Å². The first-order chi connectivity index (χ1) is 9.08. The third-order valence-corrected chi connectivity index (χ3v) is 3.88. The monoisotopic (exact) mass is 281 g/mol. The molecule has 4 heteroatoms. The molecule has 0 heterocycles. The lowest BCUT2D eigenvalue weighted by Gasteiger charge is -2.11. The fourth-order valence-corrected chi connectivity index (χ4v) is 2.50. The predicted molar refractivity (Wildman–Crippen MR) is 82.0 cm³/mol. The first kappa shape index (κ1) is 15.9. The van der Waals surface area contributed by atoms with Crippen LogP contribution in [0.1, 0.15) is 18.1 Å². The van der Waals surface area contributed by atoms with Gasteiger partial charge in [0.1, 0.15) is 5.75 Å². The summed E-state index contributed by atoms with van der Waals surface area (Å²) in [7, 11) is 1.68. The lowest BCUT2D eigenvalue weighted by atomic mass is 10.1. The van der Waals surface area contributed by atoms with Gasteiger partial charge in [-0.1, -0.05) is 19.1 Å². The summed E-state index contributed by atoms with van der Waals surface area (Å²) in [5, 5.41) is 2.97. The van der Waals surface area contributed by atoms with Crippen LogP contribution in [-0.2, 0) is 11.2 Å². The number of carbonyl (C=O) groups is 1. The van der Waals surface area contributed by atoms with Crippen molar-refractivity contribution in [3.8, 4) is 5.75 Å². The van der Waals surface area contributed by atoms with Crippen molar-refractivity contribution in [2.75, 3.05) is 25.7 Å². The average molecular weight is 281 g/mol. The minimum absolute atomic E-state index is 0.0718. The van der Waals surface area contributed by atoms with Gasteiger partial charge in [0, 0.05) is 18.2 Å². The quantitative estimate of drug-likeness (QED) is 0.835. The molecule has 0 saturated heterocycles. The molecule has 1 aromatic carbocycles. The predicted octanol–water partition coefficient (Wildman–Crippen LogP) is 2.66. The molecule has 0 fully saturated rings. The smallest absolute Gasteiger partial charge is 0.223 e. The van der Waals surface area contributed by atoms with Gasteiger partial charge in [0.2, 0.25) is 5.91 Å². The average Bonchev–Trinajstić information content (AvgIpc) is 2.40. The molecule has 1 aromatic rings. The molecular weight excluding hydrogens is 258 g/mol. The van der Waals surface area contributed by atoms with Crippen molar-refractivity contribution in [3.05, 3.63) is 29.3 Å². The maximum atomic E-state index is 11.8. The second kappa shape index (κ2) is 8.10. The Balaban J connectivity index is 2.43. The van der Waals surface area contributed by atoms with Crippen LogP contribution in [0, 0.1) is 12.8 Å². The molecule has 0 bridgehead atoms. The van der Waals surface area contributed by atoms with Crippen molar-refractivity contribution < 1.29 is 9.53 Å². The molecule has 0 aromatic heterocycles. The fourth-order valence-electron chi connectivity index (χ4n) is 1.85. The minimum atomic E-state index is 0.0718. The Morgan fingerprint density at radius 1 is 1.47 bits per heavy atom. The Hall–Kier alpha value is -1.16. The molecule has 1 atom stereocenters. The highest BCUT2D eigenvalue weighted by atomic mass is 32.2. The molecule has 0 radical (unpaired) electrons. The Labute approximate surface area is 120 Å². The Kier molecular flexibility index (Phi) is 6.78. The van der Waals surface area contributed by atoms with Crippen LogP contribution in [0.4, 0.5) is 0 Å². The first-order valence-corrected chi connectivity index (χ1v) is 7.88. The van der Waals surface area contributed by atoms with Gasteiger partial charge in [0.05, 0.1) is 7.11 Å². The topological polar surface area (TPSA) is 38.3 Å². The van der Waals surface area contributed by atoms with E-state index in [1.165, 1.54) is 5.56 Å². The molecule has 0 spiro atoms. The molecule has 0 aliphatic rings. The second-order valence-electron chi connectivity index (χ2n) is 4.70. The first-order valence-electron chi connectivity index (χ1n) is 6.48. The number of ether oxygens (including phenoxy) is 1. The zero-order valence-corrected chi connectivity index (χ0v) is 13.0. The summed E-state index contributed by atoms with van der Waals surface area (Å²) in [6.45, 7) is 4.65. The van der Waals surface area contributed by atoms with E-state index in [9.17, 15) is 4.79 Å². The third kappa shape index (κ3) is 5.15. The Bertz CT molecular complexity index is 421. The molecule has 0 aliphatic carbocycles. The highest BCUT2D eigenvalue weighted by Gasteiger charge is 2.11. The van der Waals surface area contributed by atoms with E-state index in [0.717, 1.165) is 23.5 Å². The van der Waals surface area contributed by atoms with Crippen molar-refractivity contribution >= 4 is 17.7 Å². The van der Waals surface area contributed by atoms with E-state index in [4.69, 9.17) is 4.74 Å². The Morgan fingerprint density at radius 3 is 2.84 bits per heavy atom. The maximum absolute atomic E-state index is 11.8. The van der Waals surface area contributed by atoms with Gasteiger partial charge in [-0.15, -0.1) is 0 Å². The van der Waals surface area contributed by atoms with Gasteiger partial charge in [0.15, 0.2) is 0 Å². The highest BCUT2D eigenvalue weighted by Crippen LogP contribution is 2.19. The highest BCUT2D eigenvalue weighted by molar-refractivity contribution is 7.98. The van der Waals surface area contributed by atoms with E-state index >= 15 is 0 Å². The van der Waals surface area contributed by atoms with Crippen molar-refractivity contribution in [1.82, 2.24) is 5.32 Å². The van der Waals surface area contributed by atoms with E-state index in [-0.39, 0.29) is 11.8 Å². The lowest BCUT2D eigenvalue weighted by molar-refractivity contribution is -0.123. The second-order valence-corrected chi connectivity index (χ2v) is 5.61. The standard InChI is InChI=1S/C15H23NO2S/c1-11-5-6-13(9-14(11)18-3)7-8-16-15(17)12(2)10-19-4/h5-6,9,12H,7-8,10H2,1-4H3,(H,16,17)/t12-/m1/s1. The molecule has 0 aliphatic heterocycles. The number of hydrogen-bond donors (Lipinski definition) is 1. The number of carbonyl (C=O) groups excluding carboxylic acids is 1. The molecule has 3 nitrogen and oxygen atoms in total. The van der Waals surface area contributed by atoms with E-state index in [2.05, 4.69) is 11.4 Å². The van der Waals surface area contributed by atoms with Gasteiger partial charge in [-0.25, -0.2) is 0 Å². The summed E-state index contributed by atoms with van der Waals surface area (Å²) < 4.78 is 5.29. The number of rotatable bonds is 7. The van der Waals surface area contributed by atoms with Crippen LogP contribution in [0.25, 0.3) is 0 Å². The van der Waals surface area contributed by atoms with Crippen molar-refractivity contribution in [2.24, 2.45) is 5.92 Å². The number of hydrogen-bond acceptors (Lipinski definition) is 3. The van der Waals surface area contributed by atoms with Crippen molar-refractivity contribution in [3.63, 3.8) is 0 Å². The van der Waals surface area contributed by atoms with E-state index < -0.39 is 0 Å². The number of nitrogens with one attached hydrogen (secondary N) is 1. The molecule has 0 saturated carbocycles. The molecular formula is C15H23NO2S. The van der Waals surface area contributed by atoms with Gasteiger partial charge in [-0.2, -0.15) is 11.8 Å². The van der Waals surface area contributed by atoms with Crippen molar-refractivity contribution in [1.29, 1.82) is 0 Å². The van der Waals surface area contributed by atoms with Crippen LogP contribution in [0.2, 0.25) is 0 Å². The molecule has 106 valence electrons. The minimum Gasteiger partial charge on any atom is -0.496 e. The lowest BCUT2D eigenvalue weighted by Crippen LogP contribution is -2.31. The zero-order valence-electron chi connectivity index (χ0n) is 12.2. The SMILES string of the molecule is COc1cc(CCNC(=O)[C@H](C)CSC)ccc1C. The third-order valence-electron chi connectivity index (χ3n) is 3.05. The number of methoxy groups -OCH3 is 1. The van der Waals surface area contributed by atoms with Gasteiger partial charge in [-0.05, 0) is 36.8 Å². The number of benzene rings is 1. The summed E-state index contributed by atoms with van der Waals surface area (Å²) in [4.78, 5) is 11.8. The summed E-state index contributed by atoms with van der Waals surface area (Å²) in [6, 6.07) is 6.16. The van der Waals surface area contributed by atoms with Crippen LogP contribution in [-0.4, -0.2) is 31.6 Å². The summed E-state index contributed by atoms with van der Waals surface area (Å²) in [6.07, 6.45) is 2.84. The van der Waals surface area contributed by atoms with Crippen LogP contribution in [0.3, 0.4) is 0 Å². The molecule has 1 amide bonds. The molecule has 0 unspecified atom stereocenters. The number of thioether (sulfide) groups is 1. The van der Waals surface area contributed by atoms with Gasteiger partial charge < -0.3 is 10.1 Å². The van der Waals surface area contributed by atoms with Crippen LogP contribution in [0.5, 0.6) is 5.75 Å². The normalized spacial score (nSPS) is 12.0. The number of amides is 1. The summed E-state index contributed by atoms with van der Waals surface area (Å²) >= 11 is 1.70. The molecule has 1 rings (SSSR count). The van der Waals surface area contributed by atoms with Crippen LogP contribution >= 0.6 is 11.8 Å². The van der Waals surface area contributed by atoms with Crippen molar-refractivity contribution in [2.45, 2.75) is 20.3 Å². The van der Waals surface area contributed by atoms with Gasteiger partial charge in [0.25, 0.3) is 0 Å². The van der Waals surface area contributed by atoms with E-state index in [1.54, 1.807) is 18.9 Å². The summed E-state index contributed by atoms with van der Waals surface area (Å²) in [5.74, 6) is 1.97. The molecule has 19 heavy (non-hydrogen) atoms. The Morgan fingerprint density at radius 2 is 2.21 bits per heavy atom. The summed E-state index contributed by atoms with van der Waals surface area (Å²) in [5.41, 5.74) is 2.31. The zero-order chi connectivity index (χ0) is 14.3. The van der Waals surface area contributed by atoms with E-state index in [1.807, 2.05) is 32.2 Å². The molecule has 1 N–H and O–H groups in total. The van der Waals surface area contributed by atoms with Crippen LogP contribution in [0.15, 0.2) is 18.2 Å². The fraction of sp³-hybridized carbons (Fsp3) is 0.533. The maximum Gasteiger partial charge on any atom is 0.223 e. The number of aryl methyl sites for hydroxylation is 1. The van der Waals surface area contributed by atoms with Crippen LogP contribution < -0.4 is 10.1 Å². The largest absolute Gasteiger partial charge is 0.496 e. The van der Waals surface area contributed by atoms with Gasteiger partial charge >= 0.3 is 0 Å².